The van der Waals surface area contributed by atoms with Crippen molar-refractivity contribution in [3.8, 4) is 0 Å². The van der Waals surface area contributed by atoms with E-state index in [0.29, 0.717) is 18.7 Å². The van der Waals surface area contributed by atoms with Gasteiger partial charge in [0.1, 0.15) is 16.8 Å². The highest BCUT2D eigenvalue weighted by Crippen LogP contribution is 2.37. The number of piperidine rings is 1. The summed E-state index contributed by atoms with van der Waals surface area (Å²) in [6.07, 6.45) is 2.52. The van der Waals surface area contributed by atoms with Crippen molar-refractivity contribution < 1.29 is 9.72 Å². The lowest BCUT2D eigenvalue weighted by atomic mass is 10.00. The highest BCUT2D eigenvalue weighted by atomic mass is 35.5. The van der Waals surface area contributed by atoms with Crippen LogP contribution in [-0.4, -0.2) is 30.5 Å². The number of benzene rings is 1. The van der Waals surface area contributed by atoms with E-state index >= 15 is 0 Å². The van der Waals surface area contributed by atoms with Crippen LogP contribution >= 0.6 is 11.6 Å². The number of carbonyl (C=O) groups excluding carboxylic acids is 1. The molecule has 0 radical (unpaired) electrons. The quantitative estimate of drug-likeness (QED) is 0.686. The van der Waals surface area contributed by atoms with Gasteiger partial charge >= 0.3 is 5.69 Å². The van der Waals surface area contributed by atoms with E-state index in [1.807, 2.05) is 0 Å². The normalized spacial score (nSPS) is 18.7. The molecule has 20 heavy (non-hydrogen) atoms. The first kappa shape index (κ1) is 14.6. The molecule has 1 fully saturated rings. The second-order valence-electron chi connectivity index (χ2n) is 4.68. The van der Waals surface area contributed by atoms with Gasteiger partial charge in [-0.2, -0.15) is 0 Å². The van der Waals surface area contributed by atoms with Crippen molar-refractivity contribution >= 4 is 28.9 Å². The molecule has 1 amide bonds. The molecule has 1 aromatic rings. The molecular formula is C13H16ClN3O3. The Balaban J connectivity index is 2.45. The largest absolute Gasteiger partial charge is 0.357 e. The summed E-state index contributed by atoms with van der Waals surface area (Å²) >= 11 is 5.94. The first-order chi connectivity index (χ1) is 9.56. The lowest BCUT2D eigenvalue weighted by molar-refractivity contribution is -0.384. The predicted octanol–water partition coefficient (Wildman–Crippen LogP) is 2.35. The van der Waals surface area contributed by atoms with Gasteiger partial charge in [-0.15, -0.1) is 0 Å². The fourth-order valence-corrected chi connectivity index (χ4v) is 2.81. The van der Waals surface area contributed by atoms with E-state index in [2.05, 4.69) is 5.32 Å². The minimum atomic E-state index is -0.493. The summed E-state index contributed by atoms with van der Waals surface area (Å²) in [6, 6.07) is 4.42. The van der Waals surface area contributed by atoms with E-state index in [1.54, 1.807) is 24.1 Å². The maximum Gasteiger partial charge on any atom is 0.310 e. The van der Waals surface area contributed by atoms with Gasteiger partial charge in [-0.05, 0) is 31.4 Å². The number of nitrogens with one attached hydrogen (secondary N) is 1. The zero-order valence-corrected chi connectivity index (χ0v) is 11.9. The van der Waals surface area contributed by atoms with Crippen LogP contribution in [-0.2, 0) is 4.79 Å². The van der Waals surface area contributed by atoms with Crippen LogP contribution in [0.1, 0.15) is 19.3 Å². The number of rotatable bonds is 3. The van der Waals surface area contributed by atoms with E-state index in [4.69, 9.17) is 11.6 Å². The van der Waals surface area contributed by atoms with Crippen LogP contribution < -0.4 is 10.2 Å². The van der Waals surface area contributed by atoms with E-state index in [0.717, 1.165) is 12.8 Å². The Bertz CT molecular complexity index is 536. The van der Waals surface area contributed by atoms with Gasteiger partial charge in [-0.1, -0.05) is 17.7 Å². The van der Waals surface area contributed by atoms with Crippen molar-refractivity contribution in [3.63, 3.8) is 0 Å². The molecule has 0 aliphatic carbocycles. The van der Waals surface area contributed by atoms with E-state index in [-0.39, 0.29) is 22.7 Å². The molecule has 1 saturated heterocycles. The molecule has 2 rings (SSSR count). The van der Waals surface area contributed by atoms with Crippen LogP contribution in [0.5, 0.6) is 0 Å². The van der Waals surface area contributed by atoms with Gasteiger partial charge in [-0.3, -0.25) is 14.9 Å². The molecule has 0 bridgehead atoms. The Morgan fingerprint density at radius 1 is 1.50 bits per heavy atom. The van der Waals surface area contributed by atoms with Crippen LogP contribution in [0.4, 0.5) is 11.4 Å². The Morgan fingerprint density at radius 2 is 2.25 bits per heavy atom. The number of nitrogens with zero attached hydrogens (tertiary/aromatic N) is 2. The van der Waals surface area contributed by atoms with Crippen LogP contribution in [0.2, 0.25) is 5.02 Å². The third-order valence-electron chi connectivity index (χ3n) is 3.51. The average Bonchev–Trinajstić information content (AvgIpc) is 2.45. The maximum atomic E-state index is 12.0. The summed E-state index contributed by atoms with van der Waals surface area (Å²) in [5, 5.41) is 13.9. The molecule has 0 spiro atoms. The lowest BCUT2D eigenvalue weighted by Gasteiger charge is -2.35. The fraction of sp³-hybridized carbons (Fsp3) is 0.462. The average molecular weight is 298 g/mol. The van der Waals surface area contributed by atoms with Gasteiger partial charge in [0.2, 0.25) is 5.91 Å². The molecule has 1 atom stereocenters. The molecule has 0 aromatic heterocycles. The molecule has 1 aliphatic heterocycles. The third-order valence-corrected chi connectivity index (χ3v) is 3.81. The lowest BCUT2D eigenvalue weighted by Crippen LogP contribution is -2.49. The highest BCUT2D eigenvalue weighted by Gasteiger charge is 2.33. The molecule has 1 unspecified atom stereocenters. The zero-order chi connectivity index (χ0) is 14.7. The third kappa shape index (κ3) is 2.70. The number of anilines is 1. The molecule has 1 aliphatic rings. The Labute approximate surface area is 121 Å². The number of amides is 1. The van der Waals surface area contributed by atoms with Gasteiger partial charge in [0.15, 0.2) is 0 Å². The molecule has 108 valence electrons. The minimum Gasteiger partial charge on any atom is -0.357 e. The van der Waals surface area contributed by atoms with Gasteiger partial charge in [0.25, 0.3) is 0 Å². The number of nitro benzene ring substituents is 1. The van der Waals surface area contributed by atoms with Crippen LogP contribution in [0, 0.1) is 10.1 Å². The summed E-state index contributed by atoms with van der Waals surface area (Å²) in [6.45, 7) is 0.610. The van der Waals surface area contributed by atoms with E-state index in [9.17, 15) is 14.9 Å². The number of likely N-dealkylation sites (N-methyl/N-ethyl adjacent to an activating group) is 1. The molecule has 6 nitrogen and oxygen atoms in total. The number of carbonyl (C=O) groups is 1. The Hall–Kier alpha value is -1.82. The molecular weight excluding hydrogens is 282 g/mol. The molecule has 1 aromatic carbocycles. The molecule has 7 heteroatoms. The summed E-state index contributed by atoms with van der Waals surface area (Å²) in [7, 11) is 1.57. The summed E-state index contributed by atoms with van der Waals surface area (Å²) in [5.74, 6) is -0.126. The van der Waals surface area contributed by atoms with Gasteiger partial charge < -0.3 is 10.2 Å². The van der Waals surface area contributed by atoms with Crippen molar-refractivity contribution in [3.05, 3.63) is 33.3 Å². The van der Waals surface area contributed by atoms with Gasteiger partial charge in [0, 0.05) is 13.6 Å². The first-order valence-electron chi connectivity index (χ1n) is 6.47. The summed E-state index contributed by atoms with van der Waals surface area (Å²) in [4.78, 5) is 24.5. The van der Waals surface area contributed by atoms with Crippen molar-refractivity contribution in [2.24, 2.45) is 0 Å². The van der Waals surface area contributed by atoms with Crippen LogP contribution in [0.3, 0.4) is 0 Å². The topological polar surface area (TPSA) is 75.5 Å². The Kier molecular flexibility index (Phi) is 4.44. The van der Waals surface area contributed by atoms with Crippen LogP contribution in [0.25, 0.3) is 0 Å². The van der Waals surface area contributed by atoms with Gasteiger partial charge in [-0.25, -0.2) is 0 Å². The minimum absolute atomic E-state index is 0.0914. The molecule has 0 saturated carbocycles. The second kappa shape index (κ2) is 6.09. The molecule has 1 N–H and O–H groups in total. The van der Waals surface area contributed by atoms with Crippen molar-refractivity contribution in [2.45, 2.75) is 25.3 Å². The Morgan fingerprint density at radius 3 is 2.90 bits per heavy atom. The zero-order valence-electron chi connectivity index (χ0n) is 11.1. The van der Waals surface area contributed by atoms with E-state index in [1.165, 1.54) is 6.07 Å². The number of hydrogen-bond donors (Lipinski definition) is 1. The summed E-state index contributed by atoms with van der Waals surface area (Å²) in [5.41, 5.74) is 0.278. The number of hydrogen-bond acceptors (Lipinski definition) is 4. The monoisotopic (exact) mass is 297 g/mol. The maximum absolute atomic E-state index is 12.0. The second-order valence-corrected chi connectivity index (χ2v) is 5.09. The predicted molar refractivity (Wildman–Crippen MR) is 77.2 cm³/mol. The number of para-hydroxylation sites is 1. The smallest absolute Gasteiger partial charge is 0.310 e. The first-order valence-corrected chi connectivity index (χ1v) is 6.85. The number of halogens is 1. The highest BCUT2D eigenvalue weighted by molar-refractivity contribution is 6.33. The summed E-state index contributed by atoms with van der Waals surface area (Å²) < 4.78 is 0. The van der Waals surface area contributed by atoms with Crippen molar-refractivity contribution in [2.75, 3.05) is 18.5 Å². The standard InChI is InChI=1S/C13H16ClN3O3/c1-15-13(18)11-6-2-3-8-16(11)10-7-4-5-9(14)12(10)17(19)20/h4-5,7,11H,2-3,6,8H2,1H3,(H,15,18). The number of nitro groups is 1. The van der Waals surface area contributed by atoms with E-state index < -0.39 is 4.92 Å². The SMILES string of the molecule is CNC(=O)C1CCCCN1c1cccc(Cl)c1[N+](=O)[O-]. The van der Waals surface area contributed by atoms with Crippen LogP contribution in [0.15, 0.2) is 18.2 Å². The fourth-order valence-electron chi connectivity index (χ4n) is 2.58. The molecule has 1 heterocycles. The van der Waals surface area contributed by atoms with Gasteiger partial charge in [0.05, 0.1) is 4.92 Å². The van der Waals surface area contributed by atoms with Crippen molar-refractivity contribution in [1.82, 2.24) is 5.32 Å². The van der Waals surface area contributed by atoms with Crippen molar-refractivity contribution in [1.29, 1.82) is 0 Å².